The highest BCUT2D eigenvalue weighted by molar-refractivity contribution is 7.90. The molecule has 1 aliphatic carbocycles. The molecule has 0 spiro atoms. The highest BCUT2D eigenvalue weighted by Gasteiger charge is 2.27. The van der Waals surface area contributed by atoms with E-state index in [-0.39, 0.29) is 11.3 Å². The van der Waals surface area contributed by atoms with Crippen LogP contribution in [0.25, 0.3) is 0 Å². The van der Waals surface area contributed by atoms with E-state index in [0.717, 1.165) is 38.5 Å². The van der Waals surface area contributed by atoms with E-state index in [2.05, 4.69) is 4.72 Å². The highest BCUT2D eigenvalue weighted by atomic mass is 32.2. The first-order valence-corrected chi connectivity index (χ1v) is 7.35. The van der Waals surface area contributed by atoms with Gasteiger partial charge in [0.25, 0.3) is 0 Å². The lowest BCUT2D eigenvalue weighted by molar-refractivity contribution is 0.546. The van der Waals surface area contributed by atoms with Crippen LogP contribution in [0.1, 0.15) is 45.4 Å². The first-order chi connectivity index (χ1) is 7.06. The van der Waals surface area contributed by atoms with E-state index >= 15 is 0 Å². The minimum absolute atomic E-state index is 0.108. The molecule has 0 aromatic carbocycles. The predicted molar refractivity (Wildman–Crippen MR) is 62.1 cm³/mol. The topological polar surface area (TPSA) is 72.2 Å². The van der Waals surface area contributed by atoms with Crippen molar-refractivity contribution in [3.63, 3.8) is 0 Å². The normalized spacial score (nSPS) is 20.7. The molecule has 1 atom stereocenters. The molecule has 0 heterocycles. The van der Waals surface area contributed by atoms with Gasteiger partial charge in [-0.1, -0.05) is 19.8 Å². The molecule has 0 amide bonds. The number of sulfonamides is 1. The molecule has 3 N–H and O–H groups in total. The van der Waals surface area contributed by atoms with E-state index in [9.17, 15) is 8.42 Å². The van der Waals surface area contributed by atoms with Crippen LogP contribution in [0, 0.1) is 0 Å². The quantitative estimate of drug-likeness (QED) is 0.719. The summed E-state index contributed by atoms with van der Waals surface area (Å²) in [6.07, 6.45) is 5.33. The molecule has 15 heavy (non-hydrogen) atoms. The van der Waals surface area contributed by atoms with Gasteiger partial charge in [0.15, 0.2) is 0 Å². The van der Waals surface area contributed by atoms with Crippen LogP contribution < -0.4 is 10.5 Å². The molecule has 0 aromatic rings. The number of rotatable bonds is 6. The van der Waals surface area contributed by atoms with Crippen molar-refractivity contribution in [1.82, 2.24) is 4.72 Å². The molecule has 1 rings (SSSR count). The lowest BCUT2D eigenvalue weighted by Crippen LogP contribution is -2.35. The zero-order valence-electron chi connectivity index (χ0n) is 9.41. The third kappa shape index (κ3) is 4.09. The van der Waals surface area contributed by atoms with Crippen molar-refractivity contribution in [3.05, 3.63) is 0 Å². The fourth-order valence-corrected chi connectivity index (χ4v) is 3.50. The van der Waals surface area contributed by atoms with Gasteiger partial charge in [0.1, 0.15) is 0 Å². The van der Waals surface area contributed by atoms with Crippen molar-refractivity contribution in [2.45, 2.75) is 56.7 Å². The van der Waals surface area contributed by atoms with E-state index in [1.807, 2.05) is 6.92 Å². The Bertz CT molecular complexity index is 271. The minimum atomic E-state index is -3.07. The molecule has 0 saturated heterocycles. The maximum atomic E-state index is 11.8. The summed E-state index contributed by atoms with van der Waals surface area (Å²) < 4.78 is 26.2. The van der Waals surface area contributed by atoms with Crippen molar-refractivity contribution in [2.75, 3.05) is 6.54 Å². The zero-order chi connectivity index (χ0) is 11.3. The number of nitrogens with one attached hydrogen (secondary N) is 1. The molecule has 5 heteroatoms. The lowest BCUT2D eigenvalue weighted by Gasteiger charge is -2.13. The molecule has 1 aliphatic rings. The summed E-state index contributed by atoms with van der Waals surface area (Å²) in [5, 5.41) is -0.157. The molecule has 90 valence electrons. The second kappa shape index (κ2) is 5.82. The molecular formula is C10H22N2O2S. The third-order valence-electron chi connectivity index (χ3n) is 3.08. The molecule has 4 nitrogen and oxygen atoms in total. The first kappa shape index (κ1) is 12.9. The molecule has 0 aliphatic heterocycles. The Balaban J connectivity index is 2.30. The van der Waals surface area contributed by atoms with Crippen molar-refractivity contribution < 1.29 is 8.42 Å². The largest absolute Gasteiger partial charge is 0.328 e. The van der Waals surface area contributed by atoms with Crippen LogP contribution in [-0.4, -0.2) is 26.3 Å². The summed E-state index contributed by atoms with van der Waals surface area (Å²) in [5.74, 6) is 0. The Morgan fingerprint density at radius 3 is 2.53 bits per heavy atom. The van der Waals surface area contributed by atoms with Crippen LogP contribution in [-0.2, 0) is 10.0 Å². The smallest absolute Gasteiger partial charge is 0.214 e. The SMILES string of the molecule is CCC(N)CCNS(=O)(=O)C1CCCC1. The summed E-state index contributed by atoms with van der Waals surface area (Å²) in [6, 6.07) is 0.108. The molecule has 0 aromatic heterocycles. The maximum absolute atomic E-state index is 11.8. The van der Waals surface area contributed by atoms with Gasteiger partial charge >= 0.3 is 0 Å². The monoisotopic (exact) mass is 234 g/mol. The van der Waals surface area contributed by atoms with E-state index in [0.29, 0.717) is 6.54 Å². The Morgan fingerprint density at radius 2 is 2.00 bits per heavy atom. The van der Waals surface area contributed by atoms with Gasteiger partial charge in [-0.2, -0.15) is 0 Å². The molecule has 0 radical (unpaired) electrons. The van der Waals surface area contributed by atoms with Gasteiger partial charge in [-0.05, 0) is 25.7 Å². The summed E-state index contributed by atoms with van der Waals surface area (Å²) in [5.41, 5.74) is 5.72. The van der Waals surface area contributed by atoms with Crippen molar-refractivity contribution in [1.29, 1.82) is 0 Å². The number of nitrogens with two attached hydrogens (primary N) is 1. The average Bonchev–Trinajstić information content (AvgIpc) is 2.70. The van der Waals surface area contributed by atoms with Crippen LogP contribution in [0.5, 0.6) is 0 Å². The second-order valence-electron chi connectivity index (χ2n) is 4.30. The molecule has 1 saturated carbocycles. The van der Waals surface area contributed by atoms with Crippen LogP contribution in [0.2, 0.25) is 0 Å². The Morgan fingerprint density at radius 1 is 1.40 bits per heavy atom. The van der Waals surface area contributed by atoms with Gasteiger partial charge in [0, 0.05) is 12.6 Å². The van der Waals surface area contributed by atoms with Crippen LogP contribution in [0.15, 0.2) is 0 Å². The summed E-state index contributed by atoms with van der Waals surface area (Å²) in [6.45, 7) is 2.49. The van der Waals surface area contributed by atoms with Gasteiger partial charge in [0.05, 0.1) is 5.25 Å². The standard InChI is InChI=1S/C10H22N2O2S/c1-2-9(11)7-8-12-15(13,14)10-5-3-4-6-10/h9-10,12H,2-8,11H2,1H3. The van der Waals surface area contributed by atoms with Crippen molar-refractivity contribution in [2.24, 2.45) is 5.73 Å². The fraction of sp³-hybridized carbons (Fsp3) is 1.00. The molecule has 1 fully saturated rings. The lowest BCUT2D eigenvalue weighted by atomic mass is 10.2. The van der Waals surface area contributed by atoms with Crippen LogP contribution in [0.4, 0.5) is 0 Å². The van der Waals surface area contributed by atoms with Gasteiger partial charge in [-0.3, -0.25) is 0 Å². The Labute approximate surface area is 92.7 Å². The highest BCUT2D eigenvalue weighted by Crippen LogP contribution is 2.23. The fourth-order valence-electron chi connectivity index (χ4n) is 1.91. The first-order valence-electron chi connectivity index (χ1n) is 5.80. The summed E-state index contributed by atoms with van der Waals surface area (Å²) in [4.78, 5) is 0. The van der Waals surface area contributed by atoms with Gasteiger partial charge in [0.2, 0.25) is 10.0 Å². The van der Waals surface area contributed by atoms with Gasteiger partial charge in [-0.15, -0.1) is 0 Å². The van der Waals surface area contributed by atoms with E-state index in [1.165, 1.54) is 0 Å². The van der Waals surface area contributed by atoms with E-state index in [4.69, 9.17) is 5.73 Å². The zero-order valence-corrected chi connectivity index (χ0v) is 10.2. The van der Waals surface area contributed by atoms with Crippen molar-refractivity contribution >= 4 is 10.0 Å². The third-order valence-corrected chi connectivity index (χ3v) is 5.04. The van der Waals surface area contributed by atoms with Crippen LogP contribution in [0.3, 0.4) is 0 Å². The summed E-state index contributed by atoms with van der Waals surface area (Å²) >= 11 is 0. The average molecular weight is 234 g/mol. The predicted octanol–water partition coefficient (Wildman–Crippen LogP) is 0.976. The number of hydrogen-bond acceptors (Lipinski definition) is 3. The van der Waals surface area contributed by atoms with Crippen LogP contribution >= 0.6 is 0 Å². The second-order valence-corrected chi connectivity index (χ2v) is 6.35. The summed E-state index contributed by atoms with van der Waals surface area (Å²) in [7, 11) is -3.07. The maximum Gasteiger partial charge on any atom is 0.214 e. The minimum Gasteiger partial charge on any atom is -0.328 e. The van der Waals surface area contributed by atoms with Gasteiger partial charge in [-0.25, -0.2) is 13.1 Å². The Hall–Kier alpha value is -0.130. The van der Waals surface area contributed by atoms with E-state index in [1.54, 1.807) is 0 Å². The molecule has 0 bridgehead atoms. The molecular weight excluding hydrogens is 212 g/mol. The number of hydrogen-bond donors (Lipinski definition) is 2. The Kier molecular flexibility index (Phi) is 5.02. The van der Waals surface area contributed by atoms with E-state index < -0.39 is 10.0 Å². The van der Waals surface area contributed by atoms with Gasteiger partial charge < -0.3 is 5.73 Å². The molecule has 1 unspecified atom stereocenters. The van der Waals surface area contributed by atoms with Crippen molar-refractivity contribution in [3.8, 4) is 0 Å².